The lowest BCUT2D eigenvalue weighted by Crippen LogP contribution is -2.32. The fourth-order valence-corrected chi connectivity index (χ4v) is 3.57. The van der Waals surface area contributed by atoms with Crippen LogP contribution in [0, 0.1) is 0 Å². The number of benzene rings is 3. The van der Waals surface area contributed by atoms with Crippen LogP contribution in [0.4, 0.5) is 0 Å². The predicted molar refractivity (Wildman–Crippen MR) is 124 cm³/mol. The summed E-state index contributed by atoms with van der Waals surface area (Å²) in [6, 6.07) is 22.7. The van der Waals surface area contributed by atoms with Crippen LogP contribution in [0.15, 0.2) is 72.8 Å². The highest BCUT2D eigenvalue weighted by molar-refractivity contribution is 5.90. The van der Waals surface area contributed by atoms with Crippen LogP contribution in [-0.4, -0.2) is 24.5 Å². The molecule has 0 radical (unpaired) electrons. The normalized spacial score (nSPS) is 12.5. The highest BCUT2D eigenvalue weighted by atomic mass is 16.6. The Bertz CT molecular complexity index is 1040. The van der Waals surface area contributed by atoms with Crippen LogP contribution in [0.2, 0.25) is 0 Å². The number of rotatable bonds is 10. The first kappa shape index (κ1) is 23.1. The van der Waals surface area contributed by atoms with E-state index in [2.05, 4.69) is 0 Å². The second kappa shape index (κ2) is 11.1. The molecule has 166 valence electrons. The zero-order valence-electron chi connectivity index (χ0n) is 18.6. The third kappa shape index (κ3) is 5.76. The van der Waals surface area contributed by atoms with Gasteiger partial charge in [-0.05, 0) is 31.0 Å². The number of hydrogen-bond donors (Lipinski definition) is 0. The Morgan fingerprint density at radius 2 is 1.62 bits per heavy atom. The van der Waals surface area contributed by atoms with Gasteiger partial charge in [0.25, 0.3) is 0 Å². The van der Waals surface area contributed by atoms with Crippen molar-refractivity contribution in [2.45, 2.75) is 46.0 Å². The molecular formula is C27H28O5. The number of carbonyl (C=O) groups is 2. The molecule has 0 fully saturated rings. The first-order valence-corrected chi connectivity index (χ1v) is 10.7. The molecule has 5 heteroatoms. The lowest BCUT2D eigenvalue weighted by molar-refractivity contribution is -0.150. The van der Waals surface area contributed by atoms with Crippen molar-refractivity contribution in [2.24, 2.45) is 0 Å². The van der Waals surface area contributed by atoms with Gasteiger partial charge in [0.2, 0.25) is 0 Å². The smallest absolute Gasteiger partial charge is 0.303 e. The average molecular weight is 433 g/mol. The van der Waals surface area contributed by atoms with E-state index in [-0.39, 0.29) is 24.8 Å². The first-order chi connectivity index (χ1) is 15.5. The van der Waals surface area contributed by atoms with Crippen LogP contribution < -0.4 is 9.47 Å². The Balaban J connectivity index is 1.82. The van der Waals surface area contributed by atoms with Gasteiger partial charge in [-0.1, -0.05) is 67.6 Å². The van der Waals surface area contributed by atoms with Crippen molar-refractivity contribution in [1.82, 2.24) is 0 Å². The lowest BCUT2D eigenvalue weighted by Gasteiger charge is -2.24. The molecule has 0 amide bonds. The van der Waals surface area contributed by atoms with E-state index in [0.29, 0.717) is 23.5 Å². The molecule has 5 nitrogen and oxygen atoms in total. The lowest BCUT2D eigenvalue weighted by atomic mass is 9.99. The van der Waals surface area contributed by atoms with Crippen LogP contribution in [0.1, 0.15) is 43.1 Å². The fourth-order valence-electron chi connectivity index (χ4n) is 3.57. The van der Waals surface area contributed by atoms with E-state index in [1.165, 1.54) is 6.92 Å². The molecule has 2 unspecified atom stereocenters. The summed E-state index contributed by atoms with van der Waals surface area (Å²) < 4.78 is 17.7. The summed E-state index contributed by atoms with van der Waals surface area (Å²) in [5, 5.41) is 0. The fraction of sp³-hybridized carbons (Fsp3) is 0.259. The van der Waals surface area contributed by atoms with E-state index in [4.69, 9.17) is 14.2 Å². The Hall–Kier alpha value is -3.60. The minimum Gasteiger partial charge on any atom is -0.488 e. The van der Waals surface area contributed by atoms with Gasteiger partial charge in [-0.25, -0.2) is 0 Å². The number of esters is 1. The van der Waals surface area contributed by atoms with Crippen molar-refractivity contribution in [2.75, 3.05) is 0 Å². The van der Waals surface area contributed by atoms with Gasteiger partial charge in [0, 0.05) is 23.6 Å². The molecule has 3 rings (SSSR count). The highest BCUT2D eigenvalue weighted by Gasteiger charge is 2.21. The summed E-state index contributed by atoms with van der Waals surface area (Å²) in [6.07, 6.45) is 0.838. The highest BCUT2D eigenvalue weighted by Crippen LogP contribution is 2.34. The Morgan fingerprint density at radius 3 is 2.31 bits per heavy atom. The topological polar surface area (TPSA) is 61.8 Å². The van der Waals surface area contributed by atoms with Gasteiger partial charge in [0.1, 0.15) is 30.3 Å². The second-order valence-corrected chi connectivity index (χ2v) is 7.48. The zero-order valence-corrected chi connectivity index (χ0v) is 18.6. The molecule has 0 N–H and O–H groups in total. The maximum atomic E-state index is 11.7. The average Bonchev–Trinajstić information content (AvgIpc) is 2.82. The number of para-hydroxylation sites is 1. The van der Waals surface area contributed by atoms with Crippen LogP contribution in [0.3, 0.4) is 0 Å². The minimum atomic E-state index is -0.338. The third-order valence-electron chi connectivity index (χ3n) is 5.16. The molecule has 0 spiro atoms. The maximum absolute atomic E-state index is 11.7. The largest absolute Gasteiger partial charge is 0.488 e. The van der Waals surface area contributed by atoms with Gasteiger partial charge in [0.15, 0.2) is 6.29 Å². The first-order valence-electron chi connectivity index (χ1n) is 10.7. The second-order valence-electron chi connectivity index (χ2n) is 7.48. The SMILES string of the molecule is CCC(OC(C)=O)C(C)Oc1ccccc1COc1cccc(C=O)c1-c1ccccc1. The predicted octanol–water partition coefficient (Wildman–Crippen LogP) is 5.85. The Kier molecular flexibility index (Phi) is 8.03. The molecule has 0 aliphatic heterocycles. The summed E-state index contributed by atoms with van der Waals surface area (Å²) in [6.45, 7) is 5.49. The number of hydrogen-bond acceptors (Lipinski definition) is 5. The molecule has 2 atom stereocenters. The zero-order chi connectivity index (χ0) is 22.9. The van der Waals surface area contributed by atoms with Crippen molar-refractivity contribution in [1.29, 1.82) is 0 Å². The molecule has 0 aromatic heterocycles. The van der Waals surface area contributed by atoms with E-state index in [0.717, 1.165) is 23.0 Å². The van der Waals surface area contributed by atoms with Gasteiger partial charge in [0.05, 0.1) is 0 Å². The van der Waals surface area contributed by atoms with Crippen molar-refractivity contribution in [3.8, 4) is 22.6 Å². The van der Waals surface area contributed by atoms with E-state index in [1.54, 1.807) is 12.1 Å². The molecule has 0 bridgehead atoms. The Labute approximate surface area is 188 Å². The Morgan fingerprint density at radius 1 is 0.938 bits per heavy atom. The number of aldehydes is 1. The molecular weight excluding hydrogens is 404 g/mol. The third-order valence-corrected chi connectivity index (χ3v) is 5.16. The minimum absolute atomic E-state index is 0.259. The molecule has 0 saturated carbocycles. The molecule has 3 aromatic carbocycles. The standard InChI is InChI=1S/C27H28O5/c1-4-24(32-20(3)29)19(2)31-25-15-9-8-13-23(25)18-30-26-16-10-14-22(17-28)27(26)21-11-6-5-7-12-21/h5-17,19,24H,4,18H2,1-3H3. The molecule has 0 heterocycles. The number of ether oxygens (including phenoxy) is 3. The van der Waals surface area contributed by atoms with Gasteiger partial charge in [-0.3, -0.25) is 9.59 Å². The van der Waals surface area contributed by atoms with Gasteiger partial charge in [-0.2, -0.15) is 0 Å². The molecule has 0 aliphatic carbocycles. The van der Waals surface area contributed by atoms with Crippen molar-refractivity contribution < 1.29 is 23.8 Å². The maximum Gasteiger partial charge on any atom is 0.303 e. The number of carbonyl (C=O) groups excluding carboxylic acids is 2. The summed E-state index contributed by atoms with van der Waals surface area (Å²) >= 11 is 0. The van der Waals surface area contributed by atoms with E-state index >= 15 is 0 Å². The van der Waals surface area contributed by atoms with E-state index < -0.39 is 0 Å². The van der Waals surface area contributed by atoms with Crippen LogP contribution >= 0.6 is 0 Å². The summed E-state index contributed by atoms with van der Waals surface area (Å²) in [5.74, 6) is 0.959. The van der Waals surface area contributed by atoms with Crippen molar-refractivity contribution >= 4 is 12.3 Å². The van der Waals surface area contributed by atoms with Gasteiger partial charge < -0.3 is 14.2 Å². The van der Waals surface area contributed by atoms with Gasteiger partial charge in [-0.15, -0.1) is 0 Å². The van der Waals surface area contributed by atoms with E-state index in [1.807, 2.05) is 74.5 Å². The monoisotopic (exact) mass is 432 g/mol. The van der Waals surface area contributed by atoms with E-state index in [9.17, 15) is 9.59 Å². The van der Waals surface area contributed by atoms with Crippen LogP contribution in [-0.2, 0) is 16.1 Å². The molecule has 3 aromatic rings. The van der Waals surface area contributed by atoms with Gasteiger partial charge >= 0.3 is 5.97 Å². The van der Waals surface area contributed by atoms with Crippen LogP contribution in [0.5, 0.6) is 11.5 Å². The summed E-state index contributed by atoms with van der Waals surface area (Å²) in [5.41, 5.74) is 3.10. The van der Waals surface area contributed by atoms with Crippen molar-refractivity contribution in [3.05, 3.63) is 83.9 Å². The van der Waals surface area contributed by atoms with Crippen LogP contribution in [0.25, 0.3) is 11.1 Å². The molecule has 0 aliphatic rings. The molecule has 32 heavy (non-hydrogen) atoms. The summed E-state index contributed by atoms with van der Waals surface area (Å²) in [4.78, 5) is 23.0. The summed E-state index contributed by atoms with van der Waals surface area (Å²) in [7, 11) is 0. The van der Waals surface area contributed by atoms with Crippen molar-refractivity contribution in [3.63, 3.8) is 0 Å². The molecule has 0 saturated heterocycles. The quantitative estimate of drug-likeness (QED) is 0.297.